The molecule has 0 saturated carbocycles. The fourth-order valence-electron chi connectivity index (χ4n) is 1.42. The molecule has 1 N–H and O–H groups in total. The van der Waals surface area contributed by atoms with Gasteiger partial charge in [-0.3, -0.25) is 0 Å². The van der Waals surface area contributed by atoms with Crippen LogP contribution in [0.15, 0.2) is 29.0 Å². The summed E-state index contributed by atoms with van der Waals surface area (Å²) in [6.07, 6.45) is 2.07. The van der Waals surface area contributed by atoms with Gasteiger partial charge in [-0.05, 0) is 12.1 Å². The van der Waals surface area contributed by atoms with E-state index >= 15 is 0 Å². The van der Waals surface area contributed by atoms with Crippen LogP contribution in [0, 0.1) is 0 Å². The third-order valence-corrected chi connectivity index (χ3v) is 2.99. The smallest absolute Gasteiger partial charge is 0.227 e. The molecule has 17 heavy (non-hydrogen) atoms. The molecule has 1 aromatic carbocycles. The minimum atomic E-state index is 0.614. The Kier molecular flexibility index (Phi) is 4.36. The Morgan fingerprint density at radius 2 is 2.00 bits per heavy atom. The van der Waals surface area contributed by atoms with E-state index in [-0.39, 0.29) is 0 Å². The third-order valence-electron chi connectivity index (χ3n) is 2.29. The maximum absolute atomic E-state index is 6.04. The van der Waals surface area contributed by atoms with Crippen molar-refractivity contribution < 1.29 is 4.52 Å². The lowest BCUT2D eigenvalue weighted by atomic mass is 10.2. The number of nitrogens with one attached hydrogen (secondary N) is 1. The van der Waals surface area contributed by atoms with Gasteiger partial charge < -0.3 is 9.84 Å². The first kappa shape index (κ1) is 12.4. The van der Waals surface area contributed by atoms with Crippen molar-refractivity contribution in [3.8, 4) is 0 Å². The van der Waals surface area contributed by atoms with E-state index in [0.29, 0.717) is 28.9 Å². The molecular formula is C11H11Cl2N3O. The van der Waals surface area contributed by atoms with Crippen LogP contribution in [-0.4, -0.2) is 16.7 Å². The molecule has 0 unspecified atom stereocenters. The van der Waals surface area contributed by atoms with E-state index in [1.165, 1.54) is 6.33 Å². The Morgan fingerprint density at radius 3 is 2.65 bits per heavy atom. The van der Waals surface area contributed by atoms with Crippen molar-refractivity contribution in [1.82, 2.24) is 15.5 Å². The predicted molar refractivity (Wildman–Crippen MR) is 66.2 cm³/mol. The number of hydrogen-bond acceptors (Lipinski definition) is 4. The lowest BCUT2D eigenvalue weighted by Crippen LogP contribution is -2.17. The SMILES string of the molecule is Clc1cccc(Cl)c1CNCCc1ncno1. The lowest BCUT2D eigenvalue weighted by Gasteiger charge is -2.07. The maximum atomic E-state index is 6.04. The molecule has 0 spiro atoms. The predicted octanol–water partition coefficient (Wildman–Crippen LogP) is 2.71. The second-order valence-corrected chi connectivity index (χ2v) is 4.28. The maximum Gasteiger partial charge on any atom is 0.227 e. The summed E-state index contributed by atoms with van der Waals surface area (Å²) < 4.78 is 4.88. The van der Waals surface area contributed by atoms with Gasteiger partial charge in [-0.1, -0.05) is 34.4 Å². The molecule has 0 saturated heterocycles. The van der Waals surface area contributed by atoms with E-state index in [9.17, 15) is 0 Å². The van der Waals surface area contributed by atoms with Crippen molar-refractivity contribution in [2.24, 2.45) is 0 Å². The molecule has 0 aliphatic carbocycles. The topological polar surface area (TPSA) is 51.0 Å². The third kappa shape index (κ3) is 3.43. The summed E-state index contributed by atoms with van der Waals surface area (Å²) in [4.78, 5) is 3.93. The second kappa shape index (κ2) is 6.00. The highest BCUT2D eigenvalue weighted by molar-refractivity contribution is 6.35. The molecule has 90 valence electrons. The van der Waals surface area contributed by atoms with E-state index in [1.807, 2.05) is 18.2 Å². The molecule has 0 atom stereocenters. The van der Waals surface area contributed by atoms with E-state index < -0.39 is 0 Å². The Hall–Kier alpha value is -1.10. The van der Waals surface area contributed by atoms with E-state index in [0.717, 1.165) is 12.1 Å². The summed E-state index contributed by atoms with van der Waals surface area (Å²) in [6, 6.07) is 5.47. The molecule has 2 rings (SSSR count). The normalized spacial score (nSPS) is 10.7. The monoisotopic (exact) mass is 271 g/mol. The molecule has 6 heteroatoms. The molecule has 2 aromatic rings. The molecule has 4 nitrogen and oxygen atoms in total. The summed E-state index contributed by atoms with van der Waals surface area (Å²) in [5.74, 6) is 0.614. The Balaban J connectivity index is 1.82. The second-order valence-electron chi connectivity index (χ2n) is 3.46. The highest BCUT2D eigenvalue weighted by atomic mass is 35.5. The van der Waals surface area contributed by atoms with Crippen LogP contribution in [-0.2, 0) is 13.0 Å². The van der Waals surface area contributed by atoms with Crippen molar-refractivity contribution in [2.45, 2.75) is 13.0 Å². The standard InChI is InChI=1S/C11H11Cl2N3O/c12-9-2-1-3-10(13)8(9)6-14-5-4-11-15-7-16-17-11/h1-3,7,14H,4-6H2. The average Bonchev–Trinajstić information content (AvgIpc) is 2.80. The van der Waals surface area contributed by atoms with Crippen molar-refractivity contribution in [1.29, 1.82) is 0 Å². The van der Waals surface area contributed by atoms with Crippen molar-refractivity contribution in [3.05, 3.63) is 46.0 Å². The minimum Gasteiger partial charge on any atom is -0.340 e. The summed E-state index contributed by atoms with van der Waals surface area (Å²) >= 11 is 12.1. The van der Waals surface area contributed by atoms with Gasteiger partial charge in [0.25, 0.3) is 0 Å². The van der Waals surface area contributed by atoms with Crippen LogP contribution in [0.4, 0.5) is 0 Å². The molecule has 1 heterocycles. The number of halogens is 2. The number of benzene rings is 1. The molecule has 0 aliphatic heterocycles. The zero-order valence-corrected chi connectivity index (χ0v) is 10.5. The van der Waals surface area contributed by atoms with Gasteiger partial charge in [0.2, 0.25) is 5.89 Å². The zero-order valence-electron chi connectivity index (χ0n) is 8.99. The van der Waals surface area contributed by atoms with Crippen molar-refractivity contribution >= 4 is 23.2 Å². The van der Waals surface area contributed by atoms with Crippen LogP contribution in [0.1, 0.15) is 11.5 Å². The first-order valence-corrected chi connectivity index (χ1v) is 5.92. The highest BCUT2D eigenvalue weighted by Crippen LogP contribution is 2.23. The van der Waals surface area contributed by atoms with E-state index in [1.54, 1.807) is 0 Å². The van der Waals surface area contributed by atoms with E-state index in [2.05, 4.69) is 15.5 Å². The van der Waals surface area contributed by atoms with Crippen LogP contribution >= 0.6 is 23.2 Å². The Labute approximate surface area is 109 Å². The van der Waals surface area contributed by atoms with Gasteiger partial charge in [0, 0.05) is 35.1 Å². The van der Waals surface area contributed by atoms with Gasteiger partial charge in [-0.15, -0.1) is 0 Å². The average molecular weight is 272 g/mol. The summed E-state index contributed by atoms with van der Waals surface area (Å²) in [5.41, 5.74) is 0.904. The molecule has 0 fully saturated rings. The minimum absolute atomic E-state index is 0.614. The summed E-state index contributed by atoms with van der Waals surface area (Å²) in [7, 11) is 0. The quantitative estimate of drug-likeness (QED) is 0.850. The molecular weight excluding hydrogens is 261 g/mol. The first-order valence-electron chi connectivity index (χ1n) is 5.16. The van der Waals surface area contributed by atoms with E-state index in [4.69, 9.17) is 27.7 Å². The molecule has 0 amide bonds. The zero-order chi connectivity index (χ0) is 12.1. The highest BCUT2D eigenvalue weighted by Gasteiger charge is 2.05. The fraction of sp³-hybridized carbons (Fsp3) is 0.273. The van der Waals surface area contributed by atoms with Crippen LogP contribution < -0.4 is 5.32 Å². The number of rotatable bonds is 5. The van der Waals surface area contributed by atoms with Gasteiger partial charge in [0.1, 0.15) is 0 Å². The molecule has 0 bridgehead atoms. The van der Waals surface area contributed by atoms with Gasteiger partial charge >= 0.3 is 0 Å². The Bertz CT molecular complexity index is 453. The van der Waals surface area contributed by atoms with Gasteiger partial charge in [0.05, 0.1) is 0 Å². The summed E-state index contributed by atoms with van der Waals surface area (Å²) in [6.45, 7) is 1.34. The number of aromatic nitrogens is 2. The van der Waals surface area contributed by atoms with Crippen LogP contribution in [0.25, 0.3) is 0 Å². The lowest BCUT2D eigenvalue weighted by molar-refractivity contribution is 0.375. The largest absolute Gasteiger partial charge is 0.340 e. The first-order chi connectivity index (χ1) is 8.27. The van der Waals surface area contributed by atoms with Gasteiger partial charge in [-0.25, -0.2) is 0 Å². The van der Waals surface area contributed by atoms with Crippen molar-refractivity contribution in [3.63, 3.8) is 0 Å². The number of hydrogen-bond donors (Lipinski definition) is 1. The Morgan fingerprint density at radius 1 is 1.24 bits per heavy atom. The molecule has 0 radical (unpaired) electrons. The summed E-state index contributed by atoms with van der Waals surface area (Å²) in [5, 5.41) is 8.09. The molecule has 0 aliphatic rings. The number of nitrogens with zero attached hydrogens (tertiary/aromatic N) is 2. The van der Waals surface area contributed by atoms with Crippen LogP contribution in [0.2, 0.25) is 10.0 Å². The van der Waals surface area contributed by atoms with Crippen LogP contribution in [0.5, 0.6) is 0 Å². The molecule has 1 aromatic heterocycles. The van der Waals surface area contributed by atoms with Crippen molar-refractivity contribution in [2.75, 3.05) is 6.54 Å². The van der Waals surface area contributed by atoms with Crippen LogP contribution in [0.3, 0.4) is 0 Å². The van der Waals surface area contributed by atoms with Gasteiger partial charge in [0.15, 0.2) is 6.33 Å². The van der Waals surface area contributed by atoms with Gasteiger partial charge in [-0.2, -0.15) is 4.98 Å². The fourth-order valence-corrected chi connectivity index (χ4v) is 1.95.